The number of amides is 1. The summed E-state index contributed by atoms with van der Waals surface area (Å²) in [5.41, 5.74) is 2.53. The van der Waals surface area contributed by atoms with Crippen LogP contribution < -0.4 is 9.64 Å². The Kier molecular flexibility index (Phi) is 6.07. The third kappa shape index (κ3) is 3.94. The van der Waals surface area contributed by atoms with Crippen molar-refractivity contribution in [2.24, 2.45) is 0 Å². The monoisotopic (exact) mass is 451 g/mol. The first-order chi connectivity index (χ1) is 15.1. The maximum absolute atomic E-state index is 13.3. The minimum absolute atomic E-state index is 0.144. The fraction of sp³-hybridized carbons (Fsp3) is 0.227. The van der Waals surface area contributed by atoms with Crippen LogP contribution in [0.4, 0.5) is 5.69 Å². The van der Waals surface area contributed by atoms with Crippen molar-refractivity contribution in [2.45, 2.75) is 31.1 Å². The van der Waals surface area contributed by atoms with Crippen LogP contribution >= 0.6 is 23.4 Å². The van der Waals surface area contributed by atoms with E-state index in [2.05, 4.69) is 21.3 Å². The van der Waals surface area contributed by atoms with Crippen LogP contribution in [0.25, 0.3) is 11.3 Å². The number of nitrogens with zero attached hydrogens (tertiary/aromatic N) is 5. The Morgan fingerprint density at radius 3 is 2.84 bits per heavy atom. The predicted molar refractivity (Wildman–Crippen MR) is 119 cm³/mol. The van der Waals surface area contributed by atoms with E-state index in [9.17, 15) is 10.1 Å². The molecule has 0 saturated carbocycles. The van der Waals surface area contributed by atoms with Crippen molar-refractivity contribution in [3.8, 4) is 23.2 Å². The fourth-order valence-corrected chi connectivity index (χ4v) is 3.91. The van der Waals surface area contributed by atoms with Crippen molar-refractivity contribution in [3.05, 3.63) is 58.6 Å². The fourth-order valence-electron chi connectivity index (χ4n) is 3.44. The molecule has 1 amide bonds. The van der Waals surface area contributed by atoms with Gasteiger partial charge in [-0.25, -0.2) is 0 Å². The summed E-state index contributed by atoms with van der Waals surface area (Å²) >= 11 is 7.61. The highest BCUT2D eigenvalue weighted by Gasteiger charge is 2.36. The van der Waals surface area contributed by atoms with Gasteiger partial charge in [0.15, 0.2) is 5.69 Å². The molecule has 7 nitrogen and oxygen atoms in total. The molecular weight excluding hydrogens is 434 g/mol. The van der Waals surface area contributed by atoms with Crippen LogP contribution in [0.2, 0.25) is 5.02 Å². The Labute approximate surface area is 189 Å². The smallest absolute Gasteiger partial charge is 0.247 e. The molecule has 1 aromatic heterocycles. The van der Waals surface area contributed by atoms with Gasteiger partial charge in [0.25, 0.3) is 0 Å². The lowest BCUT2D eigenvalue weighted by atomic mass is 10.0. The number of hydrogen-bond acceptors (Lipinski definition) is 7. The molecule has 0 radical (unpaired) electrons. The number of carbonyl (C=O) groups is 1. The highest BCUT2D eigenvalue weighted by atomic mass is 35.5. The van der Waals surface area contributed by atoms with E-state index < -0.39 is 6.23 Å². The zero-order valence-electron chi connectivity index (χ0n) is 16.9. The zero-order chi connectivity index (χ0) is 22.0. The molecule has 0 aliphatic carbocycles. The third-order valence-corrected chi connectivity index (χ3v) is 5.60. The minimum atomic E-state index is -0.900. The van der Waals surface area contributed by atoms with Gasteiger partial charge in [0.1, 0.15) is 0 Å². The SMILES string of the molecule is CCCC(=O)N1c2ccc(Cl)cc2-c2nnc(SC)nc2O[C@H]1c1ccccc1C#N. The number of rotatable bonds is 4. The molecule has 3 aromatic rings. The Morgan fingerprint density at radius 1 is 1.29 bits per heavy atom. The van der Waals surface area contributed by atoms with Crippen molar-refractivity contribution in [2.75, 3.05) is 11.2 Å². The van der Waals surface area contributed by atoms with E-state index >= 15 is 0 Å². The first kappa shape index (κ1) is 21.1. The van der Waals surface area contributed by atoms with E-state index in [0.717, 1.165) is 0 Å². The first-order valence-corrected chi connectivity index (χ1v) is 11.2. The molecule has 2 heterocycles. The van der Waals surface area contributed by atoms with Gasteiger partial charge >= 0.3 is 0 Å². The van der Waals surface area contributed by atoms with Crippen LogP contribution in [0.5, 0.6) is 5.88 Å². The minimum Gasteiger partial charge on any atom is -0.447 e. The molecule has 1 aliphatic heterocycles. The standard InChI is InChI=1S/C22H18ClN5O2S/c1-3-6-18(29)28-17-10-9-14(23)11-16(17)19-20(25-22(31-2)27-26-19)30-21(28)15-8-5-4-7-13(15)12-24/h4-5,7-11,21H,3,6H2,1-2H3/t21-/m0/s1. The van der Waals surface area contributed by atoms with Gasteiger partial charge in [0.2, 0.25) is 23.2 Å². The molecule has 0 bridgehead atoms. The topological polar surface area (TPSA) is 92.0 Å². The average molecular weight is 452 g/mol. The maximum Gasteiger partial charge on any atom is 0.247 e. The quantitative estimate of drug-likeness (QED) is 0.514. The van der Waals surface area contributed by atoms with Crippen LogP contribution in [0.3, 0.4) is 0 Å². The zero-order valence-corrected chi connectivity index (χ0v) is 18.4. The van der Waals surface area contributed by atoms with Gasteiger partial charge in [-0.3, -0.25) is 9.69 Å². The summed E-state index contributed by atoms with van der Waals surface area (Å²) in [5, 5.41) is 19.1. The number of anilines is 1. The van der Waals surface area contributed by atoms with Gasteiger partial charge in [-0.2, -0.15) is 10.2 Å². The third-order valence-electron chi connectivity index (χ3n) is 4.83. The summed E-state index contributed by atoms with van der Waals surface area (Å²) in [6, 6.07) is 14.4. The normalized spacial score (nSPS) is 14.6. The summed E-state index contributed by atoms with van der Waals surface area (Å²) in [7, 11) is 0. The van der Waals surface area contributed by atoms with Crippen molar-refractivity contribution < 1.29 is 9.53 Å². The molecule has 156 valence electrons. The lowest BCUT2D eigenvalue weighted by molar-refractivity contribution is -0.120. The van der Waals surface area contributed by atoms with Crippen molar-refractivity contribution >= 4 is 35.0 Å². The average Bonchev–Trinajstić information content (AvgIpc) is 2.93. The molecule has 1 aliphatic rings. The van der Waals surface area contributed by atoms with Gasteiger partial charge < -0.3 is 4.74 Å². The lowest BCUT2D eigenvalue weighted by Crippen LogP contribution is -2.38. The summed E-state index contributed by atoms with van der Waals surface area (Å²) in [6.07, 6.45) is 1.90. The van der Waals surface area contributed by atoms with Crippen LogP contribution in [-0.4, -0.2) is 27.3 Å². The van der Waals surface area contributed by atoms with Crippen LogP contribution in [0, 0.1) is 11.3 Å². The number of benzene rings is 2. The molecule has 9 heteroatoms. The van der Waals surface area contributed by atoms with E-state index in [-0.39, 0.29) is 11.8 Å². The van der Waals surface area contributed by atoms with Crippen molar-refractivity contribution in [3.63, 3.8) is 0 Å². The largest absolute Gasteiger partial charge is 0.447 e. The number of fused-ring (bicyclic) bond motifs is 3. The molecular formula is C22H18ClN5O2S. The Hall–Kier alpha value is -3.15. The number of thioether (sulfide) groups is 1. The molecule has 4 rings (SSSR count). The molecule has 0 N–H and O–H groups in total. The highest BCUT2D eigenvalue weighted by Crippen LogP contribution is 2.45. The van der Waals surface area contributed by atoms with Crippen molar-refractivity contribution in [1.82, 2.24) is 15.2 Å². The summed E-state index contributed by atoms with van der Waals surface area (Å²) < 4.78 is 6.31. The van der Waals surface area contributed by atoms with E-state index in [1.807, 2.05) is 19.2 Å². The maximum atomic E-state index is 13.3. The van der Waals surface area contributed by atoms with Gasteiger partial charge in [-0.1, -0.05) is 48.5 Å². The van der Waals surface area contributed by atoms with E-state index in [1.54, 1.807) is 41.3 Å². The molecule has 31 heavy (non-hydrogen) atoms. The first-order valence-electron chi connectivity index (χ1n) is 9.63. The number of nitriles is 1. The molecule has 0 unspecified atom stereocenters. The van der Waals surface area contributed by atoms with E-state index in [4.69, 9.17) is 16.3 Å². The summed E-state index contributed by atoms with van der Waals surface area (Å²) in [5.74, 6) is 0.0853. The van der Waals surface area contributed by atoms with Gasteiger partial charge in [0.05, 0.1) is 17.3 Å². The molecule has 2 aromatic carbocycles. The molecule has 0 spiro atoms. The predicted octanol–water partition coefficient (Wildman–Crippen LogP) is 5.01. The number of aromatic nitrogens is 3. The van der Waals surface area contributed by atoms with E-state index in [0.29, 0.717) is 51.1 Å². The second-order valence-corrected chi connectivity index (χ2v) is 8.01. The van der Waals surface area contributed by atoms with Gasteiger partial charge in [-0.05, 0) is 36.9 Å². The van der Waals surface area contributed by atoms with Crippen LogP contribution in [-0.2, 0) is 4.79 Å². The Balaban J connectivity index is 2.02. The number of carbonyl (C=O) groups excluding carboxylic acids is 1. The van der Waals surface area contributed by atoms with Crippen LogP contribution in [0.15, 0.2) is 47.6 Å². The highest BCUT2D eigenvalue weighted by molar-refractivity contribution is 7.98. The second-order valence-electron chi connectivity index (χ2n) is 6.80. The van der Waals surface area contributed by atoms with Crippen molar-refractivity contribution in [1.29, 1.82) is 5.26 Å². The van der Waals surface area contributed by atoms with Crippen LogP contribution in [0.1, 0.15) is 37.1 Å². The van der Waals surface area contributed by atoms with Gasteiger partial charge in [0, 0.05) is 22.6 Å². The summed E-state index contributed by atoms with van der Waals surface area (Å²) in [4.78, 5) is 19.4. The molecule has 0 saturated heterocycles. The number of ether oxygens (including phenoxy) is 1. The summed E-state index contributed by atoms with van der Waals surface area (Å²) in [6.45, 7) is 1.93. The molecule has 0 fully saturated rings. The Morgan fingerprint density at radius 2 is 2.10 bits per heavy atom. The number of hydrogen-bond donors (Lipinski definition) is 0. The second kappa shape index (κ2) is 8.92. The Bertz CT molecular complexity index is 1200. The molecule has 1 atom stereocenters. The lowest BCUT2D eigenvalue weighted by Gasteiger charge is -2.31. The van der Waals surface area contributed by atoms with Gasteiger partial charge in [-0.15, -0.1) is 10.2 Å². The number of halogens is 1. The van der Waals surface area contributed by atoms with E-state index in [1.165, 1.54) is 11.8 Å².